The van der Waals surface area contributed by atoms with Gasteiger partial charge in [0.2, 0.25) is 12.7 Å². The van der Waals surface area contributed by atoms with Crippen LogP contribution in [-0.4, -0.2) is 51.6 Å². The van der Waals surface area contributed by atoms with E-state index in [-0.39, 0.29) is 24.3 Å². The molecule has 9 nitrogen and oxygen atoms in total. The van der Waals surface area contributed by atoms with Crippen molar-refractivity contribution in [2.45, 2.75) is 25.3 Å². The number of benzene rings is 2. The monoisotopic (exact) mass is 449 g/mol. The summed E-state index contributed by atoms with van der Waals surface area (Å²) in [5.41, 5.74) is 1.66. The number of piperidine rings is 1. The number of aryl methyl sites for hydroxylation is 1. The lowest BCUT2D eigenvalue weighted by molar-refractivity contribution is -0.122. The summed E-state index contributed by atoms with van der Waals surface area (Å²) in [7, 11) is 1.69. The zero-order valence-corrected chi connectivity index (χ0v) is 18.6. The smallest absolute Gasteiger partial charge is 0.350 e. The van der Waals surface area contributed by atoms with Crippen molar-refractivity contribution >= 4 is 5.91 Å². The van der Waals surface area contributed by atoms with Crippen LogP contribution in [0, 0.1) is 0 Å². The van der Waals surface area contributed by atoms with Crippen LogP contribution >= 0.6 is 0 Å². The van der Waals surface area contributed by atoms with Gasteiger partial charge in [-0.3, -0.25) is 9.69 Å². The molecule has 0 atom stereocenters. The van der Waals surface area contributed by atoms with Gasteiger partial charge in [-0.25, -0.2) is 14.0 Å². The van der Waals surface area contributed by atoms with E-state index in [0.717, 1.165) is 48.8 Å². The van der Waals surface area contributed by atoms with Crippen LogP contribution in [0.1, 0.15) is 30.1 Å². The number of ether oxygens (including phenoxy) is 2. The molecule has 9 heteroatoms. The highest BCUT2D eigenvalue weighted by molar-refractivity contribution is 5.78. The number of hydrogen-bond acceptors (Lipinski definition) is 6. The third-order valence-corrected chi connectivity index (χ3v) is 6.21. The second-order valence-electron chi connectivity index (χ2n) is 8.45. The van der Waals surface area contributed by atoms with Crippen molar-refractivity contribution in [2.75, 3.05) is 26.4 Å². The molecule has 5 rings (SSSR count). The molecular formula is C24H27N5O4. The van der Waals surface area contributed by atoms with Crippen LogP contribution < -0.4 is 20.5 Å². The lowest BCUT2D eigenvalue weighted by atomic mass is 9.95. The van der Waals surface area contributed by atoms with Gasteiger partial charge in [-0.05, 0) is 55.8 Å². The van der Waals surface area contributed by atoms with Gasteiger partial charge in [-0.15, -0.1) is 0 Å². The fourth-order valence-electron chi connectivity index (χ4n) is 4.43. The van der Waals surface area contributed by atoms with E-state index in [1.165, 1.54) is 4.68 Å². The minimum absolute atomic E-state index is 0.00912. The second kappa shape index (κ2) is 9.11. The summed E-state index contributed by atoms with van der Waals surface area (Å²) in [5, 5.41) is 7.52. The van der Waals surface area contributed by atoms with E-state index in [4.69, 9.17) is 9.47 Å². The van der Waals surface area contributed by atoms with Gasteiger partial charge < -0.3 is 14.8 Å². The molecule has 1 amide bonds. The standard InChI is InChI=1S/C24H27N5O4/c1-27-24(31)29(19-5-3-2-4-6-19)23(26-27)18-9-11-28(12-10-18)15-22(30)25-14-17-7-8-20-21(13-17)33-16-32-20/h2-8,13,18H,9-12,14-16H2,1H3,(H,25,30). The van der Waals surface area contributed by atoms with Crippen LogP contribution in [0.25, 0.3) is 5.69 Å². The number of hydrogen-bond donors (Lipinski definition) is 1. The Bertz CT molecular complexity index is 1200. The van der Waals surface area contributed by atoms with Gasteiger partial charge in [0, 0.05) is 19.5 Å². The molecule has 0 saturated carbocycles. The average molecular weight is 450 g/mol. The molecule has 3 heterocycles. The number of nitrogens with one attached hydrogen (secondary N) is 1. The summed E-state index contributed by atoms with van der Waals surface area (Å²) < 4.78 is 13.8. The molecule has 1 saturated heterocycles. The normalized spacial score (nSPS) is 16.2. The number of rotatable bonds is 6. The van der Waals surface area contributed by atoms with Gasteiger partial charge in [0.15, 0.2) is 11.5 Å². The highest BCUT2D eigenvalue weighted by Crippen LogP contribution is 2.32. The van der Waals surface area contributed by atoms with Crippen molar-refractivity contribution in [1.29, 1.82) is 0 Å². The third-order valence-electron chi connectivity index (χ3n) is 6.21. The van der Waals surface area contributed by atoms with E-state index in [9.17, 15) is 9.59 Å². The van der Waals surface area contributed by atoms with Crippen LogP contribution in [0.5, 0.6) is 11.5 Å². The number of para-hydroxylation sites is 1. The Hall–Kier alpha value is -3.59. The molecule has 33 heavy (non-hydrogen) atoms. The Kier molecular flexibility index (Phi) is 5.87. The van der Waals surface area contributed by atoms with E-state index in [2.05, 4.69) is 15.3 Å². The SMILES string of the molecule is Cn1nc(C2CCN(CC(=O)NCc3ccc4c(c3)OCO4)CC2)n(-c2ccccc2)c1=O. The second-order valence-corrected chi connectivity index (χ2v) is 8.45. The lowest BCUT2D eigenvalue weighted by Gasteiger charge is -2.31. The van der Waals surface area contributed by atoms with Crippen molar-refractivity contribution in [3.05, 3.63) is 70.4 Å². The number of carbonyl (C=O) groups excluding carboxylic acids is 1. The molecule has 0 spiro atoms. The van der Waals surface area contributed by atoms with Gasteiger partial charge in [0.1, 0.15) is 5.82 Å². The van der Waals surface area contributed by atoms with Gasteiger partial charge >= 0.3 is 5.69 Å². The van der Waals surface area contributed by atoms with Gasteiger partial charge in [-0.1, -0.05) is 24.3 Å². The molecule has 2 aromatic carbocycles. The Labute approximate surface area is 191 Å². The van der Waals surface area contributed by atoms with Crippen molar-refractivity contribution in [3.8, 4) is 17.2 Å². The van der Waals surface area contributed by atoms with Crippen LogP contribution in [0.15, 0.2) is 53.3 Å². The van der Waals surface area contributed by atoms with E-state index in [1.807, 2.05) is 48.5 Å². The predicted molar refractivity (Wildman–Crippen MR) is 122 cm³/mol. The van der Waals surface area contributed by atoms with Gasteiger partial charge in [-0.2, -0.15) is 5.10 Å². The van der Waals surface area contributed by atoms with Crippen LogP contribution in [0.4, 0.5) is 0 Å². The molecule has 0 aliphatic carbocycles. The highest BCUT2D eigenvalue weighted by Gasteiger charge is 2.27. The molecule has 3 aromatic rings. The summed E-state index contributed by atoms with van der Waals surface area (Å²) in [6, 6.07) is 15.3. The number of aromatic nitrogens is 3. The number of fused-ring (bicyclic) bond motifs is 1. The van der Waals surface area contributed by atoms with Crippen LogP contribution in [0.2, 0.25) is 0 Å². The predicted octanol–water partition coefficient (Wildman–Crippen LogP) is 1.80. The molecule has 1 N–H and O–H groups in total. The van der Waals surface area contributed by atoms with Crippen molar-refractivity contribution in [2.24, 2.45) is 7.05 Å². The Morgan fingerprint density at radius 1 is 1.09 bits per heavy atom. The summed E-state index contributed by atoms with van der Waals surface area (Å²) >= 11 is 0. The topological polar surface area (TPSA) is 90.6 Å². The van der Waals surface area contributed by atoms with Crippen molar-refractivity contribution < 1.29 is 14.3 Å². The summed E-state index contributed by atoms with van der Waals surface area (Å²) in [6.45, 7) is 2.60. The number of nitrogens with zero attached hydrogens (tertiary/aromatic N) is 4. The largest absolute Gasteiger partial charge is 0.454 e. The first-order valence-electron chi connectivity index (χ1n) is 11.2. The Morgan fingerprint density at radius 2 is 1.85 bits per heavy atom. The number of carbonyl (C=O) groups is 1. The fraction of sp³-hybridized carbons (Fsp3) is 0.375. The van der Waals surface area contributed by atoms with E-state index >= 15 is 0 Å². The fourth-order valence-corrected chi connectivity index (χ4v) is 4.43. The average Bonchev–Trinajstić information content (AvgIpc) is 3.42. The van der Waals surface area contributed by atoms with Gasteiger partial charge in [0.25, 0.3) is 0 Å². The maximum Gasteiger partial charge on any atom is 0.350 e. The molecular weight excluding hydrogens is 422 g/mol. The van der Waals surface area contributed by atoms with E-state index < -0.39 is 0 Å². The first-order chi connectivity index (χ1) is 16.1. The molecule has 0 bridgehead atoms. The first kappa shape index (κ1) is 21.3. The summed E-state index contributed by atoms with van der Waals surface area (Å²) in [6.07, 6.45) is 1.69. The quantitative estimate of drug-likeness (QED) is 0.617. The zero-order chi connectivity index (χ0) is 22.8. The lowest BCUT2D eigenvalue weighted by Crippen LogP contribution is -2.41. The van der Waals surface area contributed by atoms with Crippen molar-refractivity contribution in [1.82, 2.24) is 24.6 Å². The molecule has 1 aromatic heterocycles. The maximum atomic E-state index is 12.7. The molecule has 2 aliphatic heterocycles. The molecule has 172 valence electrons. The minimum Gasteiger partial charge on any atom is -0.454 e. The summed E-state index contributed by atoms with van der Waals surface area (Å²) in [5.74, 6) is 2.41. The number of amides is 1. The molecule has 0 unspecified atom stereocenters. The summed E-state index contributed by atoms with van der Waals surface area (Å²) in [4.78, 5) is 27.3. The van der Waals surface area contributed by atoms with Crippen LogP contribution in [-0.2, 0) is 18.4 Å². The van der Waals surface area contributed by atoms with E-state index in [1.54, 1.807) is 11.6 Å². The maximum absolute atomic E-state index is 12.7. The van der Waals surface area contributed by atoms with Gasteiger partial charge in [0.05, 0.1) is 12.2 Å². The van der Waals surface area contributed by atoms with Crippen molar-refractivity contribution in [3.63, 3.8) is 0 Å². The third kappa shape index (κ3) is 4.49. The highest BCUT2D eigenvalue weighted by atomic mass is 16.7. The number of likely N-dealkylation sites (tertiary alicyclic amines) is 1. The van der Waals surface area contributed by atoms with Crippen LogP contribution in [0.3, 0.4) is 0 Å². The molecule has 2 aliphatic rings. The first-order valence-corrected chi connectivity index (χ1v) is 11.2. The Morgan fingerprint density at radius 3 is 2.64 bits per heavy atom. The van der Waals surface area contributed by atoms with E-state index in [0.29, 0.717) is 18.8 Å². The minimum atomic E-state index is -0.137. The Balaban J connectivity index is 1.16. The zero-order valence-electron chi connectivity index (χ0n) is 18.6. The molecule has 0 radical (unpaired) electrons. The molecule has 1 fully saturated rings.